The molecule has 1 aromatic carbocycles. The van der Waals surface area contributed by atoms with Crippen molar-refractivity contribution in [1.29, 1.82) is 0 Å². The van der Waals surface area contributed by atoms with Gasteiger partial charge in [-0.3, -0.25) is 9.79 Å². The molecular weight excluding hydrogens is 418 g/mol. The number of aryl methyl sites for hydroxylation is 1. The van der Waals surface area contributed by atoms with Crippen molar-refractivity contribution in [3.05, 3.63) is 83.6 Å². The number of rotatable bonds is 6. The highest BCUT2D eigenvalue weighted by Crippen LogP contribution is 2.09. The smallest absolute Gasteiger partial charge is 0.150 e. The zero-order valence-electron chi connectivity index (χ0n) is 23.1. The van der Waals surface area contributed by atoms with Gasteiger partial charge < -0.3 is 10.6 Å². The molecule has 0 fully saturated rings. The Labute approximate surface area is 210 Å². The van der Waals surface area contributed by atoms with Gasteiger partial charge in [-0.05, 0) is 51.5 Å². The summed E-state index contributed by atoms with van der Waals surface area (Å²) in [5, 5.41) is 0. The Kier molecular flexibility index (Phi) is 25.2. The summed E-state index contributed by atoms with van der Waals surface area (Å²) in [7, 11) is 3.68. The number of nitrogens with two attached hydrogens (primary N) is 1. The van der Waals surface area contributed by atoms with Crippen LogP contribution in [0, 0.1) is 18.8 Å². The molecule has 0 atom stereocenters. The van der Waals surface area contributed by atoms with Gasteiger partial charge in [-0.25, -0.2) is 0 Å². The predicted molar refractivity (Wildman–Crippen MR) is 153 cm³/mol. The summed E-state index contributed by atoms with van der Waals surface area (Å²) >= 11 is 0. The van der Waals surface area contributed by atoms with Crippen LogP contribution in [-0.4, -0.2) is 37.2 Å². The molecule has 0 spiro atoms. The maximum atomic E-state index is 10.7. The molecule has 0 aliphatic heterocycles. The van der Waals surface area contributed by atoms with Gasteiger partial charge in [0.25, 0.3) is 0 Å². The molecule has 0 unspecified atom stereocenters. The van der Waals surface area contributed by atoms with Gasteiger partial charge in [0.05, 0.1) is 0 Å². The van der Waals surface area contributed by atoms with E-state index in [1.54, 1.807) is 31.3 Å². The fourth-order valence-electron chi connectivity index (χ4n) is 1.79. The summed E-state index contributed by atoms with van der Waals surface area (Å²) in [5.41, 5.74) is 8.88. The van der Waals surface area contributed by atoms with Crippen LogP contribution >= 0.6 is 0 Å². The Bertz CT molecular complexity index is 863. The molecule has 0 bridgehead atoms. The van der Waals surface area contributed by atoms with Gasteiger partial charge in [0, 0.05) is 43.0 Å². The second-order valence-corrected chi connectivity index (χ2v) is 7.22. The van der Waals surface area contributed by atoms with Gasteiger partial charge in [-0.2, -0.15) is 0 Å². The van der Waals surface area contributed by atoms with Crippen molar-refractivity contribution in [1.82, 2.24) is 4.90 Å². The fraction of sp³-hybridized carbons (Fsp3) is 0.400. The number of carbonyl (C=O) groups excluding carboxylic acids is 1. The molecule has 2 N–H and O–H groups in total. The molecule has 4 heteroatoms. The zero-order valence-corrected chi connectivity index (χ0v) is 23.1. The largest absolute Gasteiger partial charge is 0.384 e. The number of amidine groups is 1. The molecule has 0 radical (unpaired) electrons. The SMILES string of the molecule is C=C/C(C#Cc1cc(C=O)ccc1C)=C\C=C/C.CC.CCC.CN=C(N)/C=C\N(C)C(C)C. The highest BCUT2D eigenvalue weighted by atomic mass is 16.1. The topological polar surface area (TPSA) is 58.7 Å². The zero-order chi connectivity index (χ0) is 26.9. The summed E-state index contributed by atoms with van der Waals surface area (Å²) in [6, 6.07) is 5.98. The lowest BCUT2D eigenvalue weighted by Crippen LogP contribution is -2.21. The van der Waals surface area contributed by atoms with Crippen LogP contribution in [0.2, 0.25) is 0 Å². The van der Waals surface area contributed by atoms with Crippen LogP contribution in [0.15, 0.2) is 71.9 Å². The third-order valence-corrected chi connectivity index (χ3v) is 3.98. The first-order valence-corrected chi connectivity index (χ1v) is 11.9. The molecule has 188 valence electrons. The summed E-state index contributed by atoms with van der Waals surface area (Å²) < 4.78 is 0. The van der Waals surface area contributed by atoms with Gasteiger partial charge in [0.2, 0.25) is 0 Å². The number of aliphatic imine (C=N–C) groups is 1. The molecule has 0 heterocycles. The van der Waals surface area contributed by atoms with E-state index >= 15 is 0 Å². The van der Waals surface area contributed by atoms with E-state index in [1.807, 2.05) is 65.2 Å². The molecule has 0 amide bonds. The van der Waals surface area contributed by atoms with E-state index in [0.717, 1.165) is 23.0 Å². The van der Waals surface area contributed by atoms with Crippen molar-refractivity contribution in [2.24, 2.45) is 10.7 Å². The van der Waals surface area contributed by atoms with Crippen molar-refractivity contribution in [2.75, 3.05) is 14.1 Å². The van der Waals surface area contributed by atoms with Gasteiger partial charge in [0.15, 0.2) is 0 Å². The van der Waals surface area contributed by atoms with E-state index < -0.39 is 0 Å². The Hall–Kier alpha value is -3.32. The molecule has 0 aliphatic rings. The molecule has 0 aliphatic carbocycles. The maximum Gasteiger partial charge on any atom is 0.150 e. The number of hydrogen-bond donors (Lipinski definition) is 1. The number of aldehydes is 1. The lowest BCUT2D eigenvalue weighted by Gasteiger charge is -2.17. The first-order valence-electron chi connectivity index (χ1n) is 11.9. The maximum absolute atomic E-state index is 10.7. The standard InChI is InChI=1S/C17H16O.C8H17N3.C3H8.C2H6/c1-4-6-7-15(5-2)10-11-17-12-16(13-18)9-8-14(17)3;1-7(2)11(4)6-5-8(9)10-3;1-3-2;1-2/h4-9,12-13H,2H2,1,3H3;5-7H,1-4H3,(H2,9,10);3H2,1-2H3;1-2H3/b6-4-,15-7+;6-5-;;. The fourth-order valence-corrected chi connectivity index (χ4v) is 1.79. The van der Waals surface area contributed by atoms with Crippen LogP contribution in [0.5, 0.6) is 0 Å². The summed E-state index contributed by atoms with van der Waals surface area (Å²) in [6.07, 6.45) is 13.3. The van der Waals surface area contributed by atoms with Crippen molar-refractivity contribution in [3.63, 3.8) is 0 Å². The monoisotopic (exact) mass is 465 g/mol. The van der Waals surface area contributed by atoms with Crippen molar-refractivity contribution >= 4 is 12.1 Å². The Morgan fingerprint density at radius 2 is 1.85 bits per heavy atom. The van der Waals surface area contributed by atoms with Gasteiger partial charge in [-0.15, -0.1) is 0 Å². The van der Waals surface area contributed by atoms with E-state index in [1.165, 1.54) is 6.42 Å². The Morgan fingerprint density at radius 1 is 1.26 bits per heavy atom. The minimum atomic E-state index is 0.496. The lowest BCUT2D eigenvalue weighted by molar-refractivity contribution is 0.112. The normalized spacial score (nSPS) is 10.7. The molecule has 0 saturated heterocycles. The summed E-state index contributed by atoms with van der Waals surface area (Å²) in [6.45, 7) is 20.1. The van der Waals surface area contributed by atoms with Crippen LogP contribution < -0.4 is 5.73 Å². The second-order valence-electron chi connectivity index (χ2n) is 7.22. The molecule has 34 heavy (non-hydrogen) atoms. The number of allylic oxidation sites excluding steroid dienone is 5. The Morgan fingerprint density at radius 3 is 2.29 bits per heavy atom. The average molecular weight is 466 g/mol. The highest BCUT2D eigenvalue weighted by Gasteiger charge is 1.97. The molecule has 1 aromatic rings. The molecule has 0 saturated carbocycles. The quantitative estimate of drug-likeness (QED) is 0.160. The molecule has 0 aromatic heterocycles. The van der Waals surface area contributed by atoms with Crippen molar-refractivity contribution < 1.29 is 4.79 Å². The van der Waals surface area contributed by atoms with Crippen LogP contribution in [0.25, 0.3) is 0 Å². The number of benzene rings is 1. The minimum absolute atomic E-state index is 0.496. The van der Waals surface area contributed by atoms with E-state index in [0.29, 0.717) is 17.4 Å². The molecular formula is C30H47N3O. The second kappa shape index (κ2) is 24.3. The molecule has 4 nitrogen and oxygen atoms in total. The summed E-state index contributed by atoms with van der Waals surface area (Å²) in [4.78, 5) is 16.6. The molecule has 1 rings (SSSR count). The van der Waals surface area contributed by atoms with Gasteiger partial charge in [0.1, 0.15) is 12.1 Å². The van der Waals surface area contributed by atoms with E-state index in [4.69, 9.17) is 5.73 Å². The van der Waals surface area contributed by atoms with Crippen molar-refractivity contribution in [2.45, 2.75) is 67.9 Å². The third kappa shape index (κ3) is 19.4. The number of carbonyl (C=O) groups is 1. The Balaban J connectivity index is -0.000000513. The lowest BCUT2D eigenvalue weighted by atomic mass is 10.1. The van der Waals surface area contributed by atoms with Gasteiger partial charge in [-0.1, -0.05) is 82.9 Å². The van der Waals surface area contributed by atoms with E-state index in [-0.39, 0.29) is 0 Å². The number of hydrogen-bond acceptors (Lipinski definition) is 3. The average Bonchev–Trinajstić information content (AvgIpc) is 2.85. The van der Waals surface area contributed by atoms with Crippen molar-refractivity contribution in [3.8, 4) is 11.8 Å². The third-order valence-electron chi connectivity index (χ3n) is 3.98. The van der Waals surface area contributed by atoms with E-state index in [2.05, 4.69) is 56.0 Å². The minimum Gasteiger partial charge on any atom is -0.384 e. The van der Waals surface area contributed by atoms with Crippen LogP contribution in [-0.2, 0) is 0 Å². The van der Waals surface area contributed by atoms with Crippen LogP contribution in [0.1, 0.15) is 76.4 Å². The van der Waals surface area contributed by atoms with Gasteiger partial charge >= 0.3 is 0 Å². The van der Waals surface area contributed by atoms with Crippen LogP contribution in [0.4, 0.5) is 0 Å². The van der Waals surface area contributed by atoms with E-state index in [9.17, 15) is 4.79 Å². The number of nitrogens with zero attached hydrogens (tertiary/aromatic N) is 2. The van der Waals surface area contributed by atoms with Crippen LogP contribution in [0.3, 0.4) is 0 Å². The first-order chi connectivity index (χ1) is 16.2. The highest BCUT2D eigenvalue weighted by molar-refractivity contribution is 5.91. The summed E-state index contributed by atoms with van der Waals surface area (Å²) in [5.74, 6) is 6.66. The first kappa shape index (κ1) is 35.3. The predicted octanol–water partition coefficient (Wildman–Crippen LogP) is 7.12.